The lowest BCUT2D eigenvalue weighted by molar-refractivity contribution is 0.00397. The Morgan fingerprint density at radius 2 is 2.28 bits per heavy atom. The fourth-order valence-electron chi connectivity index (χ4n) is 2.49. The predicted octanol–water partition coefficient (Wildman–Crippen LogP) is 2.35. The van der Waals surface area contributed by atoms with Gasteiger partial charge in [0.15, 0.2) is 0 Å². The minimum Gasteiger partial charge on any atom is -0.388 e. The maximum atomic E-state index is 5.84. The quantitative estimate of drug-likeness (QED) is 0.858. The number of morpholine rings is 1. The Labute approximate surface area is 110 Å². The lowest BCUT2D eigenvalue weighted by Gasteiger charge is -2.28. The first-order valence-electron chi connectivity index (χ1n) is 6.82. The zero-order valence-electron chi connectivity index (χ0n) is 11.6. The van der Waals surface area contributed by atoms with E-state index in [9.17, 15) is 0 Å². The SMILES string of the molecule is CNc1cccc(C)c1CC[C@@H]1CN[C@H](C)CO1. The van der Waals surface area contributed by atoms with E-state index in [1.165, 1.54) is 16.8 Å². The molecule has 3 heteroatoms. The summed E-state index contributed by atoms with van der Waals surface area (Å²) in [6.07, 6.45) is 2.51. The molecule has 2 atom stereocenters. The van der Waals surface area contributed by atoms with Gasteiger partial charge in [-0.15, -0.1) is 0 Å². The summed E-state index contributed by atoms with van der Waals surface area (Å²) in [6, 6.07) is 6.92. The van der Waals surface area contributed by atoms with Gasteiger partial charge in [-0.25, -0.2) is 0 Å². The van der Waals surface area contributed by atoms with Gasteiger partial charge >= 0.3 is 0 Å². The molecule has 1 aliphatic heterocycles. The van der Waals surface area contributed by atoms with Crippen molar-refractivity contribution in [1.29, 1.82) is 0 Å². The number of ether oxygens (including phenoxy) is 1. The van der Waals surface area contributed by atoms with Crippen LogP contribution >= 0.6 is 0 Å². The van der Waals surface area contributed by atoms with Crippen molar-refractivity contribution < 1.29 is 4.74 Å². The smallest absolute Gasteiger partial charge is 0.0703 e. The minimum absolute atomic E-state index is 0.352. The summed E-state index contributed by atoms with van der Waals surface area (Å²) in [5.41, 5.74) is 4.02. The minimum atomic E-state index is 0.352. The number of aryl methyl sites for hydroxylation is 1. The van der Waals surface area contributed by atoms with Crippen molar-refractivity contribution >= 4 is 5.69 Å². The molecule has 1 aromatic carbocycles. The van der Waals surface area contributed by atoms with Crippen molar-refractivity contribution in [2.24, 2.45) is 0 Å². The van der Waals surface area contributed by atoms with Gasteiger partial charge in [-0.1, -0.05) is 12.1 Å². The van der Waals surface area contributed by atoms with E-state index < -0.39 is 0 Å². The zero-order valence-corrected chi connectivity index (χ0v) is 11.6. The second-order valence-electron chi connectivity index (χ2n) is 5.15. The number of nitrogens with one attached hydrogen (secondary N) is 2. The van der Waals surface area contributed by atoms with E-state index in [1.807, 2.05) is 7.05 Å². The third-order valence-electron chi connectivity index (χ3n) is 3.67. The van der Waals surface area contributed by atoms with Gasteiger partial charge in [0.2, 0.25) is 0 Å². The van der Waals surface area contributed by atoms with Crippen molar-refractivity contribution in [2.45, 2.75) is 38.8 Å². The van der Waals surface area contributed by atoms with Crippen molar-refractivity contribution in [2.75, 3.05) is 25.5 Å². The number of hydrogen-bond donors (Lipinski definition) is 2. The summed E-state index contributed by atoms with van der Waals surface area (Å²) >= 11 is 0. The zero-order chi connectivity index (χ0) is 13.0. The molecule has 0 bridgehead atoms. The topological polar surface area (TPSA) is 33.3 Å². The molecule has 0 saturated carbocycles. The van der Waals surface area contributed by atoms with Gasteiger partial charge < -0.3 is 15.4 Å². The second-order valence-corrected chi connectivity index (χ2v) is 5.15. The lowest BCUT2D eigenvalue weighted by atomic mass is 9.99. The molecule has 1 fully saturated rings. The van der Waals surface area contributed by atoms with Gasteiger partial charge in [-0.3, -0.25) is 0 Å². The van der Waals surface area contributed by atoms with Crippen LogP contribution in [0.25, 0.3) is 0 Å². The van der Waals surface area contributed by atoms with Crippen LogP contribution in [0.3, 0.4) is 0 Å². The van der Waals surface area contributed by atoms with Crippen LogP contribution in [0.5, 0.6) is 0 Å². The molecule has 1 heterocycles. The summed E-state index contributed by atoms with van der Waals surface area (Å²) in [6.45, 7) is 6.15. The molecule has 0 amide bonds. The Bertz CT molecular complexity index is 384. The second kappa shape index (κ2) is 6.21. The van der Waals surface area contributed by atoms with Gasteiger partial charge in [-0.2, -0.15) is 0 Å². The maximum Gasteiger partial charge on any atom is 0.0703 e. The normalized spacial score (nSPS) is 23.9. The van der Waals surface area contributed by atoms with Gasteiger partial charge in [0.25, 0.3) is 0 Å². The van der Waals surface area contributed by atoms with Crippen LogP contribution in [0.1, 0.15) is 24.5 Å². The first kappa shape index (κ1) is 13.4. The predicted molar refractivity (Wildman–Crippen MR) is 76.3 cm³/mol. The highest BCUT2D eigenvalue weighted by Crippen LogP contribution is 2.22. The summed E-state index contributed by atoms with van der Waals surface area (Å²) in [5, 5.41) is 6.75. The third kappa shape index (κ3) is 3.24. The molecule has 3 nitrogen and oxygen atoms in total. The summed E-state index contributed by atoms with van der Waals surface area (Å²) in [7, 11) is 1.98. The number of anilines is 1. The monoisotopic (exact) mass is 248 g/mol. The lowest BCUT2D eigenvalue weighted by Crippen LogP contribution is -2.44. The standard InChI is InChI=1S/C15H24N2O/c1-11-5-4-6-15(16-3)14(11)8-7-13-9-17-12(2)10-18-13/h4-6,12-13,16-17H,7-10H2,1-3H3/t12-,13-/m1/s1. The first-order chi connectivity index (χ1) is 8.70. The highest BCUT2D eigenvalue weighted by atomic mass is 16.5. The van der Waals surface area contributed by atoms with E-state index in [-0.39, 0.29) is 0 Å². The molecule has 0 unspecified atom stereocenters. The van der Waals surface area contributed by atoms with E-state index in [0.29, 0.717) is 12.1 Å². The Morgan fingerprint density at radius 1 is 1.44 bits per heavy atom. The number of benzene rings is 1. The molecule has 18 heavy (non-hydrogen) atoms. The molecule has 2 rings (SSSR count). The average Bonchev–Trinajstić information content (AvgIpc) is 2.39. The van der Waals surface area contributed by atoms with Crippen LogP contribution in [0.2, 0.25) is 0 Å². The largest absolute Gasteiger partial charge is 0.388 e. The molecular weight excluding hydrogens is 224 g/mol. The van der Waals surface area contributed by atoms with Crippen LogP contribution in [0.4, 0.5) is 5.69 Å². The highest BCUT2D eigenvalue weighted by molar-refractivity contribution is 5.54. The van der Waals surface area contributed by atoms with E-state index >= 15 is 0 Å². The first-order valence-corrected chi connectivity index (χ1v) is 6.82. The van der Waals surface area contributed by atoms with E-state index in [4.69, 9.17) is 4.74 Å². The van der Waals surface area contributed by atoms with Crippen LogP contribution in [0.15, 0.2) is 18.2 Å². The Balaban J connectivity index is 1.93. The molecule has 0 aliphatic carbocycles. The Hall–Kier alpha value is -1.06. The number of rotatable bonds is 4. The van der Waals surface area contributed by atoms with Gasteiger partial charge in [0.1, 0.15) is 0 Å². The number of hydrogen-bond acceptors (Lipinski definition) is 3. The van der Waals surface area contributed by atoms with Gasteiger partial charge in [-0.05, 0) is 43.9 Å². The molecule has 0 aromatic heterocycles. The van der Waals surface area contributed by atoms with E-state index in [1.54, 1.807) is 0 Å². The molecule has 1 aromatic rings. The molecule has 2 N–H and O–H groups in total. The third-order valence-corrected chi connectivity index (χ3v) is 3.67. The van der Waals surface area contributed by atoms with E-state index in [0.717, 1.165) is 26.0 Å². The Kier molecular flexibility index (Phi) is 4.61. The summed E-state index contributed by atoms with van der Waals surface area (Å²) in [4.78, 5) is 0. The molecular formula is C15H24N2O. The molecule has 1 saturated heterocycles. The van der Waals surface area contributed by atoms with Crippen molar-refractivity contribution in [3.05, 3.63) is 29.3 Å². The maximum absolute atomic E-state index is 5.84. The van der Waals surface area contributed by atoms with Crippen LogP contribution < -0.4 is 10.6 Å². The molecule has 0 spiro atoms. The van der Waals surface area contributed by atoms with Crippen molar-refractivity contribution in [1.82, 2.24) is 5.32 Å². The van der Waals surface area contributed by atoms with Crippen molar-refractivity contribution in [3.8, 4) is 0 Å². The van der Waals surface area contributed by atoms with Crippen LogP contribution in [-0.4, -0.2) is 32.3 Å². The fourth-order valence-corrected chi connectivity index (χ4v) is 2.49. The summed E-state index contributed by atoms with van der Waals surface area (Å²) < 4.78 is 5.84. The molecule has 1 aliphatic rings. The Morgan fingerprint density at radius 3 is 2.94 bits per heavy atom. The van der Waals surface area contributed by atoms with Crippen molar-refractivity contribution in [3.63, 3.8) is 0 Å². The van der Waals surface area contributed by atoms with Crippen LogP contribution in [0, 0.1) is 6.92 Å². The summed E-state index contributed by atoms with van der Waals surface area (Å²) in [5.74, 6) is 0. The van der Waals surface area contributed by atoms with Gasteiger partial charge in [0.05, 0.1) is 12.7 Å². The van der Waals surface area contributed by atoms with Gasteiger partial charge in [0, 0.05) is 25.3 Å². The van der Waals surface area contributed by atoms with E-state index in [2.05, 4.69) is 42.7 Å². The molecule has 100 valence electrons. The molecule has 0 radical (unpaired) electrons. The fraction of sp³-hybridized carbons (Fsp3) is 0.600. The average molecular weight is 248 g/mol. The van der Waals surface area contributed by atoms with Crippen LogP contribution in [-0.2, 0) is 11.2 Å². The highest BCUT2D eigenvalue weighted by Gasteiger charge is 2.18.